The largest absolute Gasteiger partial charge is 0.312 e. The number of benzene rings is 2. The Labute approximate surface area is 201 Å². The summed E-state index contributed by atoms with van der Waals surface area (Å²) >= 11 is 1.37. The van der Waals surface area contributed by atoms with E-state index in [9.17, 15) is 9.59 Å². The lowest BCUT2D eigenvalue weighted by molar-refractivity contribution is -0.117. The van der Waals surface area contributed by atoms with Crippen LogP contribution in [-0.2, 0) is 11.3 Å². The minimum absolute atomic E-state index is 0.00372. The quantitative estimate of drug-likeness (QED) is 0.279. The fourth-order valence-corrected chi connectivity index (χ4v) is 4.81. The van der Waals surface area contributed by atoms with Crippen molar-refractivity contribution in [3.05, 3.63) is 90.3 Å². The zero-order valence-electron chi connectivity index (χ0n) is 18.5. The van der Waals surface area contributed by atoms with Gasteiger partial charge in [-0.15, -0.1) is 10.2 Å². The van der Waals surface area contributed by atoms with Gasteiger partial charge in [-0.1, -0.05) is 42.1 Å². The molecule has 5 rings (SSSR count). The third-order valence-electron chi connectivity index (χ3n) is 5.75. The van der Waals surface area contributed by atoms with Gasteiger partial charge in [-0.25, -0.2) is 0 Å². The SMILES string of the molecule is O=C(CSc1nnc(-c2ccncc2)n1Cc1ccccc1)c1ccc(N2CCCC2=O)cc1. The topological polar surface area (TPSA) is 81.0 Å². The second kappa shape index (κ2) is 10.0. The molecule has 1 fully saturated rings. The van der Waals surface area contributed by atoms with Crippen LogP contribution < -0.4 is 4.90 Å². The summed E-state index contributed by atoms with van der Waals surface area (Å²) < 4.78 is 2.03. The molecular formula is C26H23N5O2S. The molecule has 0 atom stereocenters. The second-order valence-corrected chi connectivity index (χ2v) is 8.96. The number of anilines is 1. The molecule has 0 unspecified atom stereocenters. The van der Waals surface area contributed by atoms with E-state index in [0.717, 1.165) is 35.6 Å². The number of hydrogen-bond donors (Lipinski definition) is 0. The lowest BCUT2D eigenvalue weighted by atomic mass is 10.1. The molecule has 170 valence electrons. The number of ketones is 1. The third-order valence-corrected chi connectivity index (χ3v) is 6.71. The van der Waals surface area contributed by atoms with Crippen molar-refractivity contribution in [3.63, 3.8) is 0 Å². The highest BCUT2D eigenvalue weighted by molar-refractivity contribution is 7.99. The Morgan fingerprint density at radius 3 is 2.41 bits per heavy atom. The lowest BCUT2D eigenvalue weighted by Crippen LogP contribution is -2.23. The van der Waals surface area contributed by atoms with Crippen molar-refractivity contribution in [2.24, 2.45) is 0 Å². The van der Waals surface area contributed by atoms with Crippen LogP contribution in [0.15, 0.2) is 84.3 Å². The molecule has 1 amide bonds. The molecule has 0 bridgehead atoms. The van der Waals surface area contributed by atoms with E-state index in [4.69, 9.17) is 0 Å². The number of Topliss-reactive ketones (excluding diaryl/α,β-unsaturated/α-hetero) is 1. The first kappa shape index (κ1) is 22.0. The summed E-state index contributed by atoms with van der Waals surface area (Å²) in [6, 6.07) is 21.2. The fourth-order valence-electron chi connectivity index (χ4n) is 3.98. The lowest BCUT2D eigenvalue weighted by Gasteiger charge is -2.15. The minimum atomic E-state index is 0.00372. The van der Waals surface area contributed by atoms with Gasteiger partial charge in [0.15, 0.2) is 16.8 Å². The smallest absolute Gasteiger partial charge is 0.227 e. The number of rotatable bonds is 8. The van der Waals surface area contributed by atoms with Crippen molar-refractivity contribution >= 4 is 29.1 Å². The Bertz CT molecular complexity index is 1290. The van der Waals surface area contributed by atoms with Crippen LogP contribution in [0.5, 0.6) is 0 Å². The van der Waals surface area contributed by atoms with Crippen molar-refractivity contribution in [2.75, 3.05) is 17.2 Å². The van der Waals surface area contributed by atoms with Crippen LogP contribution in [0.4, 0.5) is 5.69 Å². The molecule has 2 aromatic heterocycles. The Balaban J connectivity index is 1.33. The van der Waals surface area contributed by atoms with Crippen molar-refractivity contribution in [2.45, 2.75) is 24.5 Å². The summed E-state index contributed by atoms with van der Waals surface area (Å²) in [4.78, 5) is 30.7. The number of aromatic nitrogens is 4. The number of hydrogen-bond acceptors (Lipinski definition) is 6. The van der Waals surface area contributed by atoms with E-state index in [2.05, 4.69) is 27.3 Å². The zero-order valence-corrected chi connectivity index (χ0v) is 19.3. The van der Waals surface area contributed by atoms with Crippen LogP contribution in [-0.4, -0.2) is 43.7 Å². The van der Waals surface area contributed by atoms with Gasteiger partial charge in [-0.05, 0) is 48.4 Å². The molecule has 8 heteroatoms. The molecule has 0 aliphatic carbocycles. The van der Waals surface area contributed by atoms with Crippen LogP contribution in [0.1, 0.15) is 28.8 Å². The van der Waals surface area contributed by atoms with Gasteiger partial charge in [-0.3, -0.25) is 19.1 Å². The first-order chi connectivity index (χ1) is 16.7. The summed E-state index contributed by atoms with van der Waals surface area (Å²) in [7, 11) is 0. The first-order valence-corrected chi connectivity index (χ1v) is 12.1. The normalized spacial score (nSPS) is 13.4. The summed E-state index contributed by atoms with van der Waals surface area (Å²) in [5.41, 5.74) is 3.50. The van der Waals surface area contributed by atoms with Crippen molar-refractivity contribution < 1.29 is 9.59 Å². The molecule has 2 aromatic carbocycles. The van der Waals surface area contributed by atoms with Crippen LogP contribution in [0.3, 0.4) is 0 Å². The first-order valence-electron chi connectivity index (χ1n) is 11.1. The van der Waals surface area contributed by atoms with E-state index in [1.54, 1.807) is 29.4 Å². The monoisotopic (exact) mass is 469 g/mol. The van der Waals surface area contributed by atoms with Gasteiger partial charge in [0.1, 0.15) is 0 Å². The standard InChI is InChI=1S/C26H23N5O2S/c32-23(20-8-10-22(11-9-20)30-16-4-7-24(30)33)18-34-26-29-28-25(21-12-14-27-15-13-21)31(26)17-19-5-2-1-3-6-19/h1-3,5-6,8-15H,4,7,16-18H2. The van der Waals surface area contributed by atoms with E-state index >= 15 is 0 Å². The summed E-state index contributed by atoms with van der Waals surface area (Å²) in [5.74, 6) is 1.12. The maximum absolute atomic E-state index is 12.9. The number of thioether (sulfide) groups is 1. The Kier molecular flexibility index (Phi) is 6.49. The van der Waals surface area contributed by atoms with Crippen molar-refractivity contribution in [3.8, 4) is 11.4 Å². The Morgan fingerprint density at radius 2 is 1.71 bits per heavy atom. The van der Waals surface area contributed by atoms with E-state index < -0.39 is 0 Å². The number of carbonyl (C=O) groups is 2. The maximum atomic E-state index is 12.9. The molecule has 4 aromatic rings. The number of pyridine rings is 1. The van der Waals surface area contributed by atoms with Gasteiger partial charge in [-0.2, -0.15) is 0 Å². The summed E-state index contributed by atoms with van der Waals surface area (Å²) in [5, 5.41) is 9.48. The predicted octanol–water partition coefficient (Wildman–Crippen LogP) is 4.49. The highest BCUT2D eigenvalue weighted by Crippen LogP contribution is 2.26. The average molecular weight is 470 g/mol. The summed E-state index contributed by atoms with van der Waals surface area (Å²) in [6.45, 7) is 1.33. The van der Waals surface area contributed by atoms with Gasteiger partial charge >= 0.3 is 0 Å². The van der Waals surface area contributed by atoms with Gasteiger partial charge in [0.2, 0.25) is 5.91 Å². The van der Waals surface area contributed by atoms with Gasteiger partial charge in [0.25, 0.3) is 0 Å². The molecule has 0 saturated carbocycles. The van der Waals surface area contributed by atoms with Crippen molar-refractivity contribution in [1.82, 2.24) is 19.7 Å². The Morgan fingerprint density at radius 1 is 0.941 bits per heavy atom. The van der Waals surface area contributed by atoms with Crippen LogP contribution in [0.25, 0.3) is 11.4 Å². The molecule has 1 saturated heterocycles. The van der Waals surface area contributed by atoms with E-state index in [1.165, 1.54) is 11.8 Å². The highest BCUT2D eigenvalue weighted by atomic mass is 32.2. The average Bonchev–Trinajstić information content (AvgIpc) is 3.49. The van der Waals surface area contributed by atoms with E-state index in [0.29, 0.717) is 23.7 Å². The minimum Gasteiger partial charge on any atom is -0.312 e. The van der Waals surface area contributed by atoms with Crippen LogP contribution in [0.2, 0.25) is 0 Å². The number of nitrogens with zero attached hydrogens (tertiary/aromatic N) is 5. The molecule has 7 nitrogen and oxygen atoms in total. The maximum Gasteiger partial charge on any atom is 0.227 e. The second-order valence-electron chi connectivity index (χ2n) is 8.02. The van der Waals surface area contributed by atoms with Crippen molar-refractivity contribution in [1.29, 1.82) is 0 Å². The molecule has 34 heavy (non-hydrogen) atoms. The van der Waals surface area contributed by atoms with Crippen LogP contribution in [0, 0.1) is 0 Å². The zero-order chi connectivity index (χ0) is 23.3. The Hall–Kier alpha value is -3.78. The van der Waals surface area contributed by atoms with Crippen LogP contribution >= 0.6 is 11.8 Å². The molecule has 0 radical (unpaired) electrons. The third kappa shape index (κ3) is 4.77. The highest BCUT2D eigenvalue weighted by Gasteiger charge is 2.22. The molecular weight excluding hydrogens is 446 g/mol. The molecule has 1 aliphatic rings. The van der Waals surface area contributed by atoms with Gasteiger partial charge < -0.3 is 4.90 Å². The van der Waals surface area contributed by atoms with E-state index in [-0.39, 0.29) is 17.4 Å². The molecule has 1 aliphatic heterocycles. The predicted molar refractivity (Wildman–Crippen MR) is 132 cm³/mol. The summed E-state index contributed by atoms with van der Waals surface area (Å²) in [6.07, 6.45) is 4.92. The number of carbonyl (C=O) groups excluding carboxylic acids is 2. The fraction of sp³-hybridized carbons (Fsp3) is 0.192. The molecule has 0 spiro atoms. The van der Waals surface area contributed by atoms with Gasteiger partial charge in [0.05, 0.1) is 12.3 Å². The molecule has 0 N–H and O–H groups in total. The van der Waals surface area contributed by atoms with Gasteiger partial charge in [0, 0.05) is 42.2 Å². The molecule has 3 heterocycles. The van der Waals surface area contributed by atoms with E-state index in [1.807, 2.05) is 47.0 Å². The number of amides is 1.